The van der Waals surface area contributed by atoms with Crippen LogP contribution in [-0.4, -0.2) is 46.9 Å². The molecule has 0 saturated carbocycles. The zero-order valence-electron chi connectivity index (χ0n) is 17.3. The molecule has 0 spiro atoms. The van der Waals surface area contributed by atoms with Crippen LogP contribution >= 0.6 is 11.3 Å². The molecule has 28 heavy (non-hydrogen) atoms. The van der Waals surface area contributed by atoms with Crippen molar-refractivity contribution < 1.29 is 9.59 Å². The van der Waals surface area contributed by atoms with Crippen molar-refractivity contribution in [3.05, 3.63) is 46.5 Å². The van der Waals surface area contributed by atoms with Gasteiger partial charge in [0.1, 0.15) is 0 Å². The first-order valence-electron chi connectivity index (χ1n) is 9.48. The molecule has 2 N–H and O–H groups in total. The highest BCUT2D eigenvalue weighted by molar-refractivity contribution is 7.15. The van der Waals surface area contributed by atoms with Crippen LogP contribution in [0.25, 0.3) is 0 Å². The van der Waals surface area contributed by atoms with Crippen molar-refractivity contribution in [2.24, 2.45) is 0 Å². The van der Waals surface area contributed by atoms with Gasteiger partial charge in [0.25, 0.3) is 0 Å². The second-order valence-electron chi connectivity index (χ2n) is 7.95. The van der Waals surface area contributed by atoms with Crippen molar-refractivity contribution in [1.29, 1.82) is 0 Å². The molecule has 2 amide bonds. The van der Waals surface area contributed by atoms with E-state index in [1.54, 1.807) is 11.1 Å². The number of nitrogens with one attached hydrogen (secondary N) is 2. The van der Waals surface area contributed by atoms with Crippen molar-refractivity contribution in [3.63, 3.8) is 0 Å². The molecule has 1 heterocycles. The lowest BCUT2D eigenvalue weighted by Gasteiger charge is -2.24. The molecule has 2 aromatic rings. The van der Waals surface area contributed by atoms with Crippen molar-refractivity contribution in [2.45, 2.75) is 46.6 Å². The number of anilines is 1. The van der Waals surface area contributed by atoms with Crippen molar-refractivity contribution >= 4 is 28.3 Å². The van der Waals surface area contributed by atoms with Gasteiger partial charge in [-0.05, 0) is 39.8 Å². The Morgan fingerprint density at radius 3 is 2.54 bits per heavy atom. The molecule has 0 radical (unpaired) electrons. The molecular formula is C21H30N4O2S. The summed E-state index contributed by atoms with van der Waals surface area (Å²) >= 11 is 1.48. The molecule has 0 aliphatic heterocycles. The van der Waals surface area contributed by atoms with Crippen molar-refractivity contribution in [2.75, 3.05) is 25.0 Å². The number of hydrogen-bond acceptors (Lipinski definition) is 5. The smallest absolute Gasteiger partial charge is 0.240 e. The van der Waals surface area contributed by atoms with E-state index >= 15 is 0 Å². The monoisotopic (exact) mass is 402 g/mol. The van der Waals surface area contributed by atoms with Gasteiger partial charge in [-0.3, -0.25) is 14.5 Å². The normalized spacial score (nSPS) is 11.5. The van der Waals surface area contributed by atoms with Crippen LogP contribution in [0.4, 0.5) is 5.13 Å². The highest BCUT2D eigenvalue weighted by atomic mass is 32.1. The summed E-state index contributed by atoms with van der Waals surface area (Å²) in [6.07, 6.45) is 2.60. The molecule has 0 atom stereocenters. The molecule has 1 aromatic heterocycles. The second-order valence-corrected chi connectivity index (χ2v) is 9.06. The van der Waals surface area contributed by atoms with E-state index in [0.29, 0.717) is 11.7 Å². The van der Waals surface area contributed by atoms with Gasteiger partial charge in [0.05, 0.1) is 13.1 Å². The number of aryl methyl sites for hydroxylation is 1. The van der Waals surface area contributed by atoms with Gasteiger partial charge in [0, 0.05) is 23.0 Å². The molecular weight excluding hydrogens is 372 g/mol. The number of nitrogens with zero attached hydrogens (tertiary/aromatic N) is 2. The molecule has 0 saturated heterocycles. The van der Waals surface area contributed by atoms with E-state index in [2.05, 4.69) is 40.7 Å². The Hall–Kier alpha value is -2.25. The maximum absolute atomic E-state index is 12.3. The largest absolute Gasteiger partial charge is 0.350 e. The van der Waals surface area contributed by atoms with Crippen LogP contribution in [-0.2, 0) is 16.0 Å². The van der Waals surface area contributed by atoms with Gasteiger partial charge in [-0.15, -0.1) is 11.3 Å². The lowest BCUT2D eigenvalue weighted by molar-refractivity contribution is -0.124. The number of likely N-dealkylation sites (N-methyl/N-ethyl adjacent to an activating group) is 1. The summed E-state index contributed by atoms with van der Waals surface area (Å²) in [7, 11) is 0. The van der Waals surface area contributed by atoms with E-state index in [4.69, 9.17) is 0 Å². The molecule has 0 bridgehead atoms. The molecule has 0 unspecified atom stereocenters. The molecule has 1 aromatic carbocycles. The first-order valence-corrected chi connectivity index (χ1v) is 10.3. The highest BCUT2D eigenvalue weighted by Crippen LogP contribution is 2.21. The molecule has 0 aliphatic rings. The minimum Gasteiger partial charge on any atom is -0.350 e. The Morgan fingerprint density at radius 1 is 1.18 bits per heavy atom. The average molecular weight is 403 g/mol. The van der Waals surface area contributed by atoms with Gasteiger partial charge >= 0.3 is 0 Å². The second kappa shape index (κ2) is 9.80. The van der Waals surface area contributed by atoms with E-state index in [-0.39, 0.29) is 30.4 Å². The number of carbonyl (C=O) groups excluding carboxylic acids is 2. The Labute approximate surface area is 171 Å². The van der Waals surface area contributed by atoms with Crippen LogP contribution in [0, 0.1) is 6.92 Å². The zero-order chi connectivity index (χ0) is 20.7. The lowest BCUT2D eigenvalue weighted by Crippen LogP contribution is -2.47. The molecule has 152 valence electrons. The third-order valence-electron chi connectivity index (χ3n) is 3.96. The first-order chi connectivity index (χ1) is 13.1. The fraction of sp³-hybridized carbons (Fsp3) is 0.476. The van der Waals surface area contributed by atoms with Crippen LogP contribution in [0.15, 0.2) is 30.5 Å². The molecule has 7 heteroatoms. The number of hydrogen-bond donors (Lipinski definition) is 2. The van der Waals surface area contributed by atoms with Crippen LogP contribution in [0.3, 0.4) is 0 Å². The summed E-state index contributed by atoms with van der Waals surface area (Å²) in [5.74, 6) is -0.251. The maximum atomic E-state index is 12.3. The number of rotatable bonds is 8. The predicted molar refractivity (Wildman–Crippen MR) is 115 cm³/mol. The van der Waals surface area contributed by atoms with Crippen molar-refractivity contribution in [1.82, 2.24) is 15.2 Å². The number of thiazole rings is 1. The van der Waals surface area contributed by atoms with Crippen LogP contribution in [0.2, 0.25) is 0 Å². The van der Waals surface area contributed by atoms with Crippen molar-refractivity contribution in [3.8, 4) is 0 Å². The number of benzene rings is 1. The number of aromatic nitrogens is 1. The average Bonchev–Trinajstić information content (AvgIpc) is 2.99. The minimum absolute atomic E-state index is 0.0863. The number of amides is 2. The Balaban J connectivity index is 1.86. The van der Waals surface area contributed by atoms with Crippen LogP contribution < -0.4 is 10.6 Å². The summed E-state index contributed by atoms with van der Waals surface area (Å²) in [5, 5.41) is 6.34. The fourth-order valence-corrected chi connectivity index (χ4v) is 3.64. The van der Waals surface area contributed by atoms with E-state index in [9.17, 15) is 9.59 Å². The first kappa shape index (κ1) is 22.0. The van der Waals surface area contributed by atoms with E-state index in [1.165, 1.54) is 22.5 Å². The molecule has 0 fully saturated rings. The Bertz CT molecular complexity index is 811. The quantitative estimate of drug-likeness (QED) is 0.711. The topological polar surface area (TPSA) is 74.3 Å². The van der Waals surface area contributed by atoms with Gasteiger partial charge < -0.3 is 10.6 Å². The Morgan fingerprint density at radius 2 is 1.89 bits per heavy atom. The predicted octanol–water partition coefficient (Wildman–Crippen LogP) is 3.22. The lowest BCUT2D eigenvalue weighted by atomic mass is 10.1. The zero-order valence-corrected chi connectivity index (χ0v) is 18.2. The summed E-state index contributed by atoms with van der Waals surface area (Å²) in [6, 6.07) is 8.36. The molecule has 0 aliphatic carbocycles. The third-order valence-corrected chi connectivity index (χ3v) is 4.87. The molecule has 6 nitrogen and oxygen atoms in total. The van der Waals surface area contributed by atoms with Crippen LogP contribution in [0.5, 0.6) is 0 Å². The van der Waals surface area contributed by atoms with Gasteiger partial charge in [-0.1, -0.05) is 36.8 Å². The summed E-state index contributed by atoms with van der Waals surface area (Å²) in [5.41, 5.74) is 2.17. The Kier molecular flexibility index (Phi) is 7.71. The number of carbonyl (C=O) groups is 2. The fourth-order valence-electron chi connectivity index (χ4n) is 2.77. The standard InChI is InChI=1S/C21H30N4O2S/c1-6-25(14-19(27)24-21(3,4)5)13-18(26)23-20-22-12-17(28-20)11-16-9-7-8-15(2)10-16/h7-10,12H,6,11,13-14H2,1-5H3,(H,24,27)(H,22,23,26). The summed E-state index contributed by atoms with van der Waals surface area (Å²) in [6.45, 7) is 10.8. The van der Waals surface area contributed by atoms with Gasteiger partial charge in [0.2, 0.25) is 11.8 Å². The third kappa shape index (κ3) is 7.78. The summed E-state index contributed by atoms with van der Waals surface area (Å²) < 4.78 is 0. The maximum Gasteiger partial charge on any atom is 0.240 e. The highest BCUT2D eigenvalue weighted by Gasteiger charge is 2.18. The SMILES string of the molecule is CCN(CC(=O)Nc1ncc(Cc2cccc(C)c2)s1)CC(=O)NC(C)(C)C. The van der Waals surface area contributed by atoms with Crippen LogP contribution in [0.1, 0.15) is 43.7 Å². The van der Waals surface area contributed by atoms with E-state index in [1.807, 2.05) is 33.8 Å². The van der Waals surface area contributed by atoms with Gasteiger partial charge in [-0.2, -0.15) is 0 Å². The van der Waals surface area contributed by atoms with Gasteiger partial charge in [0.15, 0.2) is 5.13 Å². The molecule has 2 rings (SSSR count). The van der Waals surface area contributed by atoms with E-state index in [0.717, 1.165) is 11.3 Å². The van der Waals surface area contributed by atoms with Gasteiger partial charge in [-0.25, -0.2) is 4.98 Å². The van der Waals surface area contributed by atoms with E-state index < -0.39 is 0 Å². The summed E-state index contributed by atoms with van der Waals surface area (Å²) in [4.78, 5) is 31.6. The minimum atomic E-state index is -0.284.